The predicted molar refractivity (Wildman–Crippen MR) is 113 cm³/mol. The Morgan fingerprint density at radius 2 is 2.10 bits per heavy atom. The zero-order valence-corrected chi connectivity index (χ0v) is 18.1. The van der Waals surface area contributed by atoms with E-state index in [-0.39, 0.29) is 17.7 Å². The van der Waals surface area contributed by atoms with E-state index >= 15 is 0 Å². The molecule has 0 bridgehead atoms. The van der Waals surface area contributed by atoms with E-state index in [1.807, 2.05) is 13.0 Å². The first-order chi connectivity index (χ1) is 14.0. The second-order valence-electron chi connectivity index (χ2n) is 6.74. The van der Waals surface area contributed by atoms with E-state index < -0.39 is 0 Å². The number of anilines is 1. The maximum atomic E-state index is 13.0. The normalized spacial score (nSPS) is 16.2. The van der Waals surface area contributed by atoms with Crippen molar-refractivity contribution in [3.8, 4) is 11.5 Å². The SMILES string of the molecule is CCOc1ccc(C(=O)N2CCCC(C(=O)Nc3ccc(Br)cn3)C2)cc1OC. The molecule has 2 amide bonds. The summed E-state index contributed by atoms with van der Waals surface area (Å²) in [6.45, 7) is 3.40. The van der Waals surface area contributed by atoms with Gasteiger partial charge in [-0.3, -0.25) is 9.59 Å². The number of methoxy groups -OCH3 is 1. The number of carbonyl (C=O) groups excluding carboxylic acids is 2. The Bertz CT molecular complexity index is 873. The topological polar surface area (TPSA) is 80.8 Å². The molecule has 1 saturated heterocycles. The largest absolute Gasteiger partial charge is 0.493 e. The van der Waals surface area contributed by atoms with Crippen molar-refractivity contribution in [2.45, 2.75) is 19.8 Å². The Labute approximate surface area is 178 Å². The molecule has 1 N–H and O–H groups in total. The first-order valence-electron chi connectivity index (χ1n) is 9.54. The number of rotatable bonds is 6. The third kappa shape index (κ3) is 5.26. The fraction of sp³-hybridized carbons (Fsp3) is 0.381. The van der Waals surface area contributed by atoms with Gasteiger partial charge < -0.3 is 19.7 Å². The highest BCUT2D eigenvalue weighted by Crippen LogP contribution is 2.29. The number of pyridine rings is 1. The number of aromatic nitrogens is 1. The first-order valence-corrected chi connectivity index (χ1v) is 10.3. The van der Waals surface area contributed by atoms with Crippen molar-refractivity contribution < 1.29 is 19.1 Å². The zero-order valence-electron chi connectivity index (χ0n) is 16.5. The number of benzene rings is 1. The van der Waals surface area contributed by atoms with Crippen LogP contribution in [0.3, 0.4) is 0 Å². The first kappa shape index (κ1) is 21.1. The van der Waals surface area contributed by atoms with Gasteiger partial charge in [0.05, 0.1) is 19.6 Å². The van der Waals surface area contributed by atoms with E-state index in [0.717, 1.165) is 17.3 Å². The molecule has 154 valence electrons. The van der Waals surface area contributed by atoms with Crippen LogP contribution in [0.4, 0.5) is 5.82 Å². The summed E-state index contributed by atoms with van der Waals surface area (Å²) in [6.07, 6.45) is 3.14. The molecule has 1 aromatic heterocycles. The summed E-state index contributed by atoms with van der Waals surface area (Å²) in [5.74, 6) is 1.10. The molecular formula is C21H24BrN3O4. The lowest BCUT2D eigenvalue weighted by Gasteiger charge is -2.32. The van der Waals surface area contributed by atoms with Crippen LogP contribution in [0.5, 0.6) is 11.5 Å². The number of hydrogen-bond donors (Lipinski definition) is 1. The van der Waals surface area contributed by atoms with Gasteiger partial charge >= 0.3 is 0 Å². The smallest absolute Gasteiger partial charge is 0.254 e. The number of ether oxygens (including phenoxy) is 2. The average Bonchev–Trinajstić information content (AvgIpc) is 2.75. The maximum Gasteiger partial charge on any atom is 0.254 e. The van der Waals surface area contributed by atoms with Gasteiger partial charge in [0.1, 0.15) is 5.82 Å². The van der Waals surface area contributed by atoms with E-state index in [1.54, 1.807) is 42.5 Å². The minimum atomic E-state index is -0.275. The summed E-state index contributed by atoms with van der Waals surface area (Å²) in [6, 6.07) is 8.70. The van der Waals surface area contributed by atoms with E-state index in [9.17, 15) is 9.59 Å². The Morgan fingerprint density at radius 1 is 1.28 bits per heavy atom. The van der Waals surface area contributed by atoms with E-state index in [1.165, 1.54) is 0 Å². The van der Waals surface area contributed by atoms with Crippen LogP contribution in [-0.4, -0.2) is 48.5 Å². The molecular weight excluding hydrogens is 438 g/mol. The summed E-state index contributed by atoms with van der Waals surface area (Å²) in [5, 5.41) is 2.83. The quantitative estimate of drug-likeness (QED) is 0.708. The Morgan fingerprint density at radius 3 is 2.79 bits per heavy atom. The molecule has 0 aliphatic carbocycles. The fourth-order valence-electron chi connectivity index (χ4n) is 3.31. The van der Waals surface area contributed by atoms with Crippen LogP contribution in [0.15, 0.2) is 41.0 Å². The van der Waals surface area contributed by atoms with Gasteiger partial charge in [-0.2, -0.15) is 0 Å². The third-order valence-corrected chi connectivity index (χ3v) is 5.24. The summed E-state index contributed by atoms with van der Waals surface area (Å²) >= 11 is 3.32. The van der Waals surface area contributed by atoms with Crippen molar-refractivity contribution in [1.82, 2.24) is 9.88 Å². The molecule has 2 aromatic rings. The van der Waals surface area contributed by atoms with Crippen LogP contribution in [0.2, 0.25) is 0 Å². The molecule has 7 nitrogen and oxygen atoms in total. The summed E-state index contributed by atoms with van der Waals surface area (Å²) in [7, 11) is 1.55. The van der Waals surface area contributed by atoms with E-state index in [4.69, 9.17) is 9.47 Å². The molecule has 1 aliphatic heterocycles. The molecule has 0 saturated carbocycles. The third-order valence-electron chi connectivity index (χ3n) is 4.77. The molecule has 29 heavy (non-hydrogen) atoms. The van der Waals surface area contributed by atoms with Crippen LogP contribution in [-0.2, 0) is 4.79 Å². The zero-order chi connectivity index (χ0) is 20.8. The number of hydrogen-bond acceptors (Lipinski definition) is 5. The minimum Gasteiger partial charge on any atom is -0.493 e. The second kappa shape index (κ2) is 9.73. The van der Waals surface area contributed by atoms with Crippen molar-refractivity contribution >= 4 is 33.6 Å². The Balaban J connectivity index is 1.67. The van der Waals surface area contributed by atoms with Crippen molar-refractivity contribution in [3.05, 3.63) is 46.6 Å². The molecule has 8 heteroatoms. The maximum absolute atomic E-state index is 13.0. The number of nitrogens with one attached hydrogen (secondary N) is 1. The van der Waals surface area contributed by atoms with Crippen LogP contribution in [0.1, 0.15) is 30.1 Å². The number of halogens is 1. The second-order valence-corrected chi connectivity index (χ2v) is 7.66. The van der Waals surface area contributed by atoms with Crippen LogP contribution in [0.25, 0.3) is 0 Å². The van der Waals surface area contributed by atoms with Gasteiger partial charge in [0, 0.05) is 29.3 Å². The van der Waals surface area contributed by atoms with E-state index in [2.05, 4.69) is 26.2 Å². The lowest BCUT2D eigenvalue weighted by atomic mass is 9.96. The van der Waals surface area contributed by atoms with Gasteiger partial charge in [0.25, 0.3) is 5.91 Å². The number of nitrogens with zero attached hydrogens (tertiary/aromatic N) is 2. The summed E-state index contributed by atoms with van der Waals surface area (Å²) in [4.78, 5) is 31.5. The minimum absolute atomic E-state index is 0.120. The lowest BCUT2D eigenvalue weighted by Crippen LogP contribution is -2.43. The predicted octanol–water partition coefficient (Wildman–Crippen LogP) is 3.74. The average molecular weight is 462 g/mol. The summed E-state index contributed by atoms with van der Waals surface area (Å²) < 4.78 is 11.7. The summed E-state index contributed by atoms with van der Waals surface area (Å²) in [5.41, 5.74) is 0.515. The molecule has 1 atom stereocenters. The van der Waals surface area contributed by atoms with Gasteiger partial charge in [-0.1, -0.05) is 0 Å². The highest BCUT2D eigenvalue weighted by Gasteiger charge is 2.29. The number of likely N-dealkylation sites (tertiary alicyclic amines) is 1. The molecule has 1 aliphatic rings. The van der Waals surface area contributed by atoms with Gasteiger partial charge in [-0.25, -0.2) is 4.98 Å². The van der Waals surface area contributed by atoms with Gasteiger partial charge in [-0.05, 0) is 66.0 Å². The molecule has 0 spiro atoms. The van der Waals surface area contributed by atoms with Gasteiger partial charge in [0.2, 0.25) is 5.91 Å². The van der Waals surface area contributed by atoms with Crippen molar-refractivity contribution in [1.29, 1.82) is 0 Å². The monoisotopic (exact) mass is 461 g/mol. The highest BCUT2D eigenvalue weighted by atomic mass is 79.9. The number of amides is 2. The number of piperidine rings is 1. The van der Waals surface area contributed by atoms with Gasteiger partial charge in [-0.15, -0.1) is 0 Å². The van der Waals surface area contributed by atoms with Crippen LogP contribution >= 0.6 is 15.9 Å². The highest BCUT2D eigenvalue weighted by molar-refractivity contribution is 9.10. The van der Waals surface area contributed by atoms with Crippen molar-refractivity contribution in [2.24, 2.45) is 5.92 Å². The molecule has 1 unspecified atom stereocenters. The lowest BCUT2D eigenvalue weighted by molar-refractivity contribution is -0.121. The van der Waals surface area contributed by atoms with Crippen molar-refractivity contribution in [3.63, 3.8) is 0 Å². The standard InChI is InChI=1S/C21H24BrN3O4/c1-3-29-17-8-6-14(11-18(17)28-2)21(27)25-10-4-5-15(13-25)20(26)24-19-9-7-16(22)12-23-19/h6-9,11-12,15H,3-5,10,13H2,1-2H3,(H,23,24,26). The molecule has 1 aromatic carbocycles. The molecule has 2 heterocycles. The molecule has 0 radical (unpaired) electrons. The van der Waals surface area contributed by atoms with Crippen LogP contribution < -0.4 is 14.8 Å². The fourth-order valence-corrected chi connectivity index (χ4v) is 3.55. The van der Waals surface area contributed by atoms with Crippen molar-refractivity contribution in [2.75, 3.05) is 32.1 Å². The molecule has 1 fully saturated rings. The van der Waals surface area contributed by atoms with Gasteiger partial charge in [0.15, 0.2) is 11.5 Å². The Hall–Kier alpha value is -2.61. The Kier molecular flexibility index (Phi) is 7.09. The number of carbonyl (C=O) groups is 2. The molecule has 3 rings (SSSR count). The van der Waals surface area contributed by atoms with Crippen LogP contribution in [0, 0.1) is 5.92 Å². The van der Waals surface area contributed by atoms with E-state index in [0.29, 0.717) is 42.6 Å².